The first-order valence-corrected chi connectivity index (χ1v) is 3.55. The van der Waals surface area contributed by atoms with E-state index in [1.54, 1.807) is 0 Å². The number of aliphatic hydroxyl groups is 3. The first-order valence-electron chi connectivity index (χ1n) is 3.55. The van der Waals surface area contributed by atoms with Crippen LogP contribution in [0.5, 0.6) is 0 Å². The van der Waals surface area contributed by atoms with Crippen LogP contribution in [0.15, 0.2) is 12.7 Å². The van der Waals surface area contributed by atoms with Crippen LogP contribution in [-0.4, -0.2) is 33.4 Å². The summed E-state index contributed by atoms with van der Waals surface area (Å²) < 4.78 is 0. The minimum absolute atomic E-state index is 0.676. The second-order valence-electron chi connectivity index (χ2n) is 2.85. The Labute approximate surface area is 65.2 Å². The lowest BCUT2D eigenvalue weighted by atomic mass is 10.2. The Balaban J connectivity index is 2.41. The van der Waals surface area contributed by atoms with Crippen LogP contribution < -0.4 is 5.32 Å². The predicted octanol–water partition coefficient (Wildman–Crippen LogP) is -1.08. The van der Waals surface area contributed by atoms with Crippen molar-refractivity contribution < 1.29 is 15.3 Å². The maximum absolute atomic E-state index is 9.03. The average molecular weight is 159 g/mol. The van der Waals surface area contributed by atoms with Gasteiger partial charge in [0.15, 0.2) is 6.29 Å². The molecule has 1 rings (SSSR count). The van der Waals surface area contributed by atoms with E-state index in [1.807, 2.05) is 0 Å². The van der Waals surface area contributed by atoms with E-state index >= 15 is 0 Å². The zero-order valence-corrected chi connectivity index (χ0v) is 6.20. The molecule has 0 saturated heterocycles. The fourth-order valence-corrected chi connectivity index (χ4v) is 0.965. The highest BCUT2D eigenvalue weighted by atomic mass is 16.5. The lowest BCUT2D eigenvalue weighted by molar-refractivity contribution is -0.0849. The maximum Gasteiger partial charge on any atom is 0.170 e. The van der Waals surface area contributed by atoms with E-state index in [9.17, 15) is 0 Å². The van der Waals surface area contributed by atoms with Gasteiger partial charge in [-0.25, -0.2) is 0 Å². The summed E-state index contributed by atoms with van der Waals surface area (Å²) in [6.45, 7) is 3.36. The van der Waals surface area contributed by atoms with E-state index in [1.165, 1.54) is 6.08 Å². The van der Waals surface area contributed by atoms with E-state index in [0.717, 1.165) is 0 Å². The van der Waals surface area contributed by atoms with E-state index in [2.05, 4.69) is 11.9 Å². The summed E-state index contributed by atoms with van der Waals surface area (Å²) >= 11 is 0. The Morgan fingerprint density at radius 3 is 2.18 bits per heavy atom. The van der Waals surface area contributed by atoms with Gasteiger partial charge in [0.05, 0.1) is 5.54 Å². The average Bonchev–Trinajstić information content (AvgIpc) is 2.69. The van der Waals surface area contributed by atoms with Gasteiger partial charge in [0.1, 0.15) is 6.23 Å². The van der Waals surface area contributed by atoms with Crippen molar-refractivity contribution in [2.45, 2.75) is 30.9 Å². The Kier molecular flexibility index (Phi) is 2.29. The van der Waals surface area contributed by atoms with Gasteiger partial charge in [-0.05, 0) is 18.9 Å². The standard InChI is InChI=1S/C7H13NO3/c1-2-5(9)8-7(3-4-7)6(10)11/h2,5-6,8-11H,1,3-4H2. The van der Waals surface area contributed by atoms with Crippen molar-refractivity contribution >= 4 is 0 Å². The number of aliphatic hydroxyl groups excluding tert-OH is 2. The Morgan fingerprint density at radius 2 is 1.91 bits per heavy atom. The third kappa shape index (κ3) is 1.78. The first-order chi connectivity index (χ1) is 5.10. The molecular weight excluding hydrogens is 146 g/mol. The molecule has 0 aromatic carbocycles. The van der Waals surface area contributed by atoms with Crippen LogP contribution in [0.4, 0.5) is 0 Å². The molecule has 0 radical (unpaired) electrons. The summed E-state index contributed by atoms with van der Waals surface area (Å²) in [5, 5.41) is 29.4. The summed E-state index contributed by atoms with van der Waals surface area (Å²) in [4.78, 5) is 0. The summed E-state index contributed by atoms with van der Waals surface area (Å²) in [6, 6.07) is 0. The minimum atomic E-state index is -1.41. The summed E-state index contributed by atoms with van der Waals surface area (Å²) in [6.07, 6.45) is 0.393. The summed E-state index contributed by atoms with van der Waals surface area (Å²) in [5.41, 5.74) is -0.687. The molecule has 64 valence electrons. The number of hydrogen-bond donors (Lipinski definition) is 4. The lowest BCUT2D eigenvalue weighted by Crippen LogP contribution is -2.47. The molecule has 4 heteroatoms. The zero-order chi connectivity index (χ0) is 8.48. The van der Waals surface area contributed by atoms with Gasteiger partial charge in [-0.2, -0.15) is 0 Å². The quantitative estimate of drug-likeness (QED) is 0.311. The molecule has 4 N–H and O–H groups in total. The summed E-state index contributed by atoms with van der Waals surface area (Å²) in [5.74, 6) is 0. The molecule has 1 fully saturated rings. The largest absolute Gasteiger partial charge is 0.375 e. The Bertz CT molecular complexity index is 154. The van der Waals surface area contributed by atoms with E-state index in [-0.39, 0.29) is 0 Å². The van der Waals surface area contributed by atoms with Crippen LogP contribution in [0, 0.1) is 0 Å². The van der Waals surface area contributed by atoms with Gasteiger partial charge in [-0.15, -0.1) is 0 Å². The number of nitrogens with one attached hydrogen (secondary N) is 1. The van der Waals surface area contributed by atoms with Crippen molar-refractivity contribution in [1.82, 2.24) is 5.32 Å². The highest BCUT2D eigenvalue weighted by Crippen LogP contribution is 2.38. The molecule has 0 spiro atoms. The minimum Gasteiger partial charge on any atom is -0.375 e. The normalized spacial score (nSPS) is 23.3. The monoisotopic (exact) mass is 159 g/mol. The van der Waals surface area contributed by atoms with Gasteiger partial charge in [0, 0.05) is 0 Å². The van der Waals surface area contributed by atoms with Gasteiger partial charge in [0.2, 0.25) is 0 Å². The fraction of sp³-hybridized carbons (Fsp3) is 0.714. The van der Waals surface area contributed by atoms with Crippen LogP contribution in [0.3, 0.4) is 0 Å². The molecule has 0 aliphatic heterocycles. The second-order valence-corrected chi connectivity index (χ2v) is 2.85. The van der Waals surface area contributed by atoms with Crippen LogP contribution >= 0.6 is 0 Å². The maximum atomic E-state index is 9.03. The van der Waals surface area contributed by atoms with E-state index < -0.39 is 18.1 Å². The van der Waals surface area contributed by atoms with Crippen LogP contribution in [-0.2, 0) is 0 Å². The smallest absolute Gasteiger partial charge is 0.170 e. The SMILES string of the molecule is C=CC(O)NC1(C(O)O)CC1. The van der Waals surface area contributed by atoms with E-state index in [4.69, 9.17) is 15.3 Å². The molecule has 1 aliphatic carbocycles. The van der Waals surface area contributed by atoms with Crippen LogP contribution in [0.1, 0.15) is 12.8 Å². The predicted molar refractivity (Wildman–Crippen MR) is 39.5 cm³/mol. The van der Waals surface area contributed by atoms with Crippen molar-refractivity contribution in [1.29, 1.82) is 0 Å². The zero-order valence-electron chi connectivity index (χ0n) is 6.20. The molecule has 1 atom stereocenters. The molecule has 0 heterocycles. The van der Waals surface area contributed by atoms with Gasteiger partial charge < -0.3 is 15.3 Å². The molecule has 0 aromatic heterocycles. The second kappa shape index (κ2) is 2.91. The number of hydrogen-bond acceptors (Lipinski definition) is 4. The number of rotatable bonds is 4. The first kappa shape index (κ1) is 8.67. The summed E-state index contributed by atoms with van der Waals surface area (Å²) in [7, 11) is 0. The molecule has 0 amide bonds. The van der Waals surface area contributed by atoms with Gasteiger partial charge in [-0.1, -0.05) is 6.58 Å². The lowest BCUT2D eigenvalue weighted by Gasteiger charge is -2.21. The molecule has 1 aliphatic rings. The van der Waals surface area contributed by atoms with Crippen LogP contribution in [0.25, 0.3) is 0 Å². The van der Waals surface area contributed by atoms with Gasteiger partial charge in [-0.3, -0.25) is 5.32 Å². The highest BCUT2D eigenvalue weighted by molar-refractivity contribution is 5.05. The van der Waals surface area contributed by atoms with Crippen molar-refractivity contribution in [3.05, 3.63) is 12.7 Å². The van der Waals surface area contributed by atoms with Gasteiger partial charge in [0.25, 0.3) is 0 Å². The van der Waals surface area contributed by atoms with Crippen molar-refractivity contribution in [3.8, 4) is 0 Å². The van der Waals surface area contributed by atoms with Gasteiger partial charge >= 0.3 is 0 Å². The molecular formula is C7H13NO3. The highest BCUT2D eigenvalue weighted by Gasteiger charge is 2.49. The Hall–Kier alpha value is -0.420. The molecule has 0 aromatic rings. The van der Waals surface area contributed by atoms with Crippen molar-refractivity contribution in [2.75, 3.05) is 0 Å². The molecule has 4 nitrogen and oxygen atoms in total. The van der Waals surface area contributed by atoms with Crippen molar-refractivity contribution in [2.24, 2.45) is 0 Å². The van der Waals surface area contributed by atoms with Crippen molar-refractivity contribution in [3.63, 3.8) is 0 Å². The topological polar surface area (TPSA) is 72.7 Å². The third-order valence-electron chi connectivity index (χ3n) is 1.94. The molecule has 1 unspecified atom stereocenters. The fourth-order valence-electron chi connectivity index (χ4n) is 0.965. The van der Waals surface area contributed by atoms with Crippen LogP contribution in [0.2, 0.25) is 0 Å². The molecule has 1 saturated carbocycles. The molecule has 0 bridgehead atoms. The third-order valence-corrected chi connectivity index (χ3v) is 1.94. The molecule has 11 heavy (non-hydrogen) atoms. The Morgan fingerprint density at radius 1 is 1.36 bits per heavy atom. The van der Waals surface area contributed by atoms with E-state index in [0.29, 0.717) is 12.8 Å².